The van der Waals surface area contributed by atoms with Crippen molar-refractivity contribution in [3.63, 3.8) is 0 Å². The Bertz CT molecular complexity index is 707. The van der Waals surface area contributed by atoms with E-state index in [1.54, 1.807) is 18.2 Å². The topological polar surface area (TPSA) is 47.6 Å². The van der Waals surface area contributed by atoms with Crippen molar-refractivity contribution in [1.82, 2.24) is 5.32 Å². The molecule has 0 unspecified atom stereocenters. The number of hydrogen-bond acceptors (Lipinski definition) is 3. The predicted octanol–water partition coefficient (Wildman–Crippen LogP) is 4.87. The van der Waals surface area contributed by atoms with Crippen LogP contribution in [0.25, 0.3) is 0 Å². The molecule has 0 saturated heterocycles. The molecule has 0 saturated carbocycles. The van der Waals surface area contributed by atoms with Gasteiger partial charge in [0.15, 0.2) is 11.5 Å². The Morgan fingerprint density at radius 1 is 1.08 bits per heavy atom. The van der Waals surface area contributed by atoms with E-state index in [-0.39, 0.29) is 5.91 Å². The Labute approximate surface area is 158 Å². The van der Waals surface area contributed by atoms with Gasteiger partial charge in [0, 0.05) is 23.0 Å². The van der Waals surface area contributed by atoms with Crippen LogP contribution in [0.5, 0.6) is 11.5 Å². The summed E-state index contributed by atoms with van der Waals surface area (Å²) in [6, 6.07) is 12.7. The monoisotopic (exact) mass is 381 g/mol. The standard InChI is InChI=1S/C19H21Cl2NO3/c1-2-24-17-6-3-4-7-18(17)25-11-5-8-19(23)22-13-14-9-10-15(20)12-16(14)21/h3-4,6-7,9-10,12H,2,5,8,11,13H2,1H3,(H,22,23). The van der Waals surface area contributed by atoms with Gasteiger partial charge in [-0.05, 0) is 43.2 Å². The molecule has 0 spiro atoms. The zero-order valence-corrected chi connectivity index (χ0v) is 15.6. The quantitative estimate of drug-likeness (QED) is 0.630. The molecule has 2 rings (SSSR count). The maximum Gasteiger partial charge on any atom is 0.220 e. The highest BCUT2D eigenvalue weighted by Gasteiger charge is 2.06. The van der Waals surface area contributed by atoms with Crippen molar-refractivity contribution in [1.29, 1.82) is 0 Å². The Morgan fingerprint density at radius 3 is 2.48 bits per heavy atom. The summed E-state index contributed by atoms with van der Waals surface area (Å²) in [7, 11) is 0. The Morgan fingerprint density at radius 2 is 1.80 bits per heavy atom. The van der Waals surface area contributed by atoms with Crippen LogP contribution < -0.4 is 14.8 Å². The van der Waals surface area contributed by atoms with Gasteiger partial charge < -0.3 is 14.8 Å². The number of para-hydroxylation sites is 2. The number of ether oxygens (including phenoxy) is 2. The van der Waals surface area contributed by atoms with Crippen molar-refractivity contribution >= 4 is 29.1 Å². The number of benzene rings is 2. The molecule has 0 heterocycles. The molecule has 0 aliphatic rings. The van der Waals surface area contributed by atoms with Crippen LogP contribution in [0.3, 0.4) is 0 Å². The van der Waals surface area contributed by atoms with E-state index in [1.807, 2.05) is 31.2 Å². The minimum atomic E-state index is -0.0484. The molecule has 0 aromatic heterocycles. The zero-order valence-electron chi connectivity index (χ0n) is 14.1. The van der Waals surface area contributed by atoms with Crippen LogP contribution in [0, 0.1) is 0 Å². The Hall–Kier alpha value is -1.91. The second-order valence-corrected chi connectivity index (χ2v) is 6.19. The first kappa shape index (κ1) is 19.4. The minimum absolute atomic E-state index is 0.0484. The first-order chi connectivity index (χ1) is 12.1. The van der Waals surface area contributed by atoms with Crippen molar-refractivity contribution in [2.45, 2.75) is 26.3 Å². The third-order valence-electron chi connectivity index (χ3n) is 3.45. The molecule has 1 N–H and O–H groups in total. The van der Waals surface area contributed by atoms with Crippen LogP contribution in [0.2, 0.25) is 10.0 Å². The lowest BCUT2D eigenvalue weighted by Gasteiger charge is -2.11. The summed E-state index contributed by atoms with van der Waals surface area (Å²) >= 11 is 11.9. The normalized spacial score (nSPS) is 10.4. The Balaban J connectivity index is 1.70. The molecule has 0 aliphatic heterocycles. The number of halogens is 2. The van der Waals surface area contributed by atoms with Gasteiger partial charge in [-0.2, -0.15) is 0 Å². The van der Waals surface area contributed by atoms with E-state index in [0.717, 1.165) is 5.56 Å². The van der Waals surface area contributed by atoms with E-state index in [2.05, 4.69) is 5.32 Å². The van der Waals surface area contributed by atoms with Crippen LogP contribution >= 0.6 is 23.2 Å². The van der Waals surface area contributed by atoms with E-state index in [1.165, 1.54) is 0 Å². The maximum absolute atomic E-state index is 11.9. The summed E-state index contributed by atoms with van der Waals surface area (Å²) in [5, 5.41) is 3.96. The van der Waals surface area contributed by atoms with E-state index < -0.39 is 0 Å². The van der Waals surface area contributed by atoms with E-state index in [9.17, 15) is 4.79 Å². The van der Waals surface area contributed by atoms with Crippen LogP contribution in [-0.4, -0.2) is 19.1 Å². The van der Waals surface area contributed by atoms with Crippen molar-refractivity contribution in [3.8, 4) is 11.5 Å². The van der Waals surface area contributed by atoms with Crippen LogP contribution in [0.15, 0.2) is 42.5 Å². The van der Waals surface area contributed by atoms with Crippen molar-refractivity contribution < 1.29 is 14.3 Å². The van der Waals surface area contributed by atoms with E-state index in [4.69, 9.17) is 32.7 Å². The smallest absolute Gasteiger partial charge is 0.220 e. The largest absolute Gasteiger partial charge is 0.490 e. The summed E-state index contributed by atoms with van der Waals surface area (Å²) < 4.78 is 11.2. The lowest BCUT2D eigenvalue weighted by molar-refractivity contribution is -0.121. The first-order valence-corrected chi connectivity index (χ1v) is 8.91. The zero-order chi connectivity index (χ0) is 18.1. The maximum atomic E-state index is 11.9. The highest BCUT2D eigenvalue weighted by molar-refractivity contribution is 6.35. The van der Waals surface area contributed by atoms with Gasteiger partial charge in [0.05, 0.1) is 13.2 Å². The average Bonchev–Trinajstić information content (AvgIpc) is 2.59. The number of rotatable bonds is 9. The fourth-order valence-corrected chi connectivity index (χ4v) is 2.68. The van der Waals surface area contributed by atoms with Gasteiger partial charge in [-0.25, -0.2) is 0 Å². The van der Waals surface area contributed by atoms with Crippen LogP contribution in [0.1, 0.15) is 25.3 Å². The molecule has 6 heteroatoms. The summed E-state index contributed by atoms with van der Waals surface area (Å²) in [5.41, 5.74) is 0.835. The third-order valence-corrected chi connectivity index (χ3v) is 4.03. The molecule has 4 nitrogen and oxygen atoms in total. The predicted molar refractivity (Wildman–Crippen MR) is 101 cm³/mol. The van der Waals surface area contributed by atoms with Gasteiger partial charge >= 0.3 is 0 Å². The fraction of sp³-hybridized carbons (Fsp3) is 0.316. The minimum Gasteiger partial charge on any atom is -0.490 e. The number of hydrogen-bond donors (Lipinski definition) is 1. The highest BCUT2D eigenvalue weighted by Crippen LogP contribution is 2.26. The molecule has 25 heavy (non-hydrogen) atoms. The van der Waals surface area contributed by atoms with E-state index >= 15 is 0 Å². The highest BCUT2D eigenvalue weighted by atomic mass is 35.5. The molecule has 2 aromatic rings. The summed E-state index contributed by atoms with van der Waals surface area (Å²) in [5.74, 6) is 1.36. The molecular weight excluding hydrogens is 361 g/mol. The second-order valence-electron chi connectivity index (χ2n) is 5.34. The van der Waals surface area contributed by atoms with Gasteiger partial charge in [-0.1, -0.05) is 41.4 Å². The molecule has 0 bridgehead atoms. The summed E-state index contributed by atoms with van der Waals surface area (Å²) in [6.45, 7) is 3.33. The van der Waals surface area contributed by atoms with Crippen LogP contribution in [-0.2, 0) is 11.3 Å². The SMILES string of the molecule is CCOc1ccccc1OCCCC(=O)NCc1ccc(Cl)cc1Cl. The van der Waals surface area contributed by atoms with Crippen LogP contribution in [0.4, 0.5) is 0 Å². The molecule has 0 fully saturated rings. The number of carbonyl (C=O) groups is 1. The Kier molecular flexibility index (Phi) is 7.89. The number of amides is 1. The third kappa shape index (κ3) is 6.48. The van der Waals surface area contributed by atoms with E-state index in [0.29, 0.717) is 54.1 Å². The summed E-state index contributed by atoms with van der Waals surface area (Å²) in [4.78, 5) is 11.9. The molecule has 134 valence electrons. The van der Waals surface area contributed by atoms with Crippen molar-refractivity contribution in [3.05, 3.63) is 58.1 Å². The molecule has 0 aliphatic carbocycles. The number of nitrogens with one attached hydrogen (secondary N) is 1. The molecule has 1 amide bonds. The van der Waals surface area contributed by atoms with Crippen molar-refractivity contribution in [2.75, 3.05) is 13.2 Å². The second kappa shape index (κ2) is 10.2. The van der Waals surface area contributed by atoms with Gasteiger partial charge in [0.25, 0.3) is 0 Å². The molecular formula is C19H21Cl2NO3. The lowest BCUT2D eigenvalue weighted by Crippen LogP contribution is -2.23. The molecule has 0 radical (unpaired) electrons. The van der Waals surface area contributed by atoms with Crippen molar-refractivity contribution in [2.24, 2.45) is 0 Å². The fourth-order valence-electron chi connectivity index (χ4n) is 2.21. The van der Waals surface area contributed by atoms with Gasteiger partial charge in [-0.3, -0.25) is 4.79 Å². The first-order valence-electron chi connectivity index (χ1n) is 8.15. The molecule has 2 aromatic carbocycles. The lowest BCUT2D eigenvalue weighted by atomic mass is 10.2. The van der Waals surface area contributed by atoms with Gasteiger partial charge in [0.2, 0.25) is 5.91 Å². The average molecular weight is 382 g/mol. The number of carbonyl (C=O) groups excluding carboxylic acids is 1. The molecule has 0 atom stereocenters. The van der Waals surface area contributed by atoms with Gasteiger partial charge in [0.1, 0.15) is 0 Å². The summed E-state index contributed by atoms with van der Waals surface area (Å²) in [6.07, 6.45) is 0.989. The van der Waals surface area contributed by atoms with Gasteiger partial charge in [-0.15, -0.1) is 0 Å².